The smallest absolute Gasteiger partial charge is 0.0257 e. The van der Waals surface area contributed by atoms with Crippen LogP contribution in [0.15, 0.2) is 35.9 Å². The fourth-order valence-electron chi connectivity index (χ4n) is 7.56. The number of hydrogen-bond donors (Lipinski definition) is 0. The van der Waals surface area contributed by atoms with Gasteiger partial charge in [-0.05, 0) is 31.2 Å². The molecule has 0 saturated carbocycles. The van der Waals surface area contributed by atoms with Crippen LogP contribution >= 0.6 is 0 Å². The van der Waals surface area contributed by atoms with Crippen LogP contribution in [0.2, 0.25) is 0 Å². The van der Waals surface area contributed by atoms with Gasteiger partial charge in [-0.3, -0.25) is 0 Å². The number of benzene rings is 1. The van der Waals surface area contributed by atoms with Crippen molar-refractivity contribution in [3.63, 3.8) is 0 Å². The van der Waals surface area contributed by atoms with Crippen molar-refractivity contribution in [1.29, 1.82) is 0 Å². The molecule has 1 aromatic carbocycles. The van der Waals surface area contributed by atoms with E-state index in [2.05, 4.69) is 50.3 Å². The molecule has 1 rings (SSSR count). The highest BCUT2D eigenvalue weighted by molar-refractivity contribution is 5.52. The summed E-state index contributed by atoms with van der Waals surface area (Å²) in [6.07, 6.45) is 57.5. The maximum absolute atomic E-state index is 2.51. The van der Waals surface area contributed by atoms with Crippen LogP contribution < -0.4 is 0 Å². The van der Waals surface area contributed by atoms with E-state index in [1.807, 2.05) is 0 Å². The summed E-state index contributed by atoms with van der Waals surface area (Å²) < 4.78 is 0. The number of rotatable bonds is 39. The highest BCUT2D eigenvalue weighted by Gasteiger charge is 2.02. The Morgan fingerprint density at radius 3 is 0.792 bits per heavy atom. The molecule has 0 aromatic heterocycles. The molecular formula is C48H88. The first kappa shape index (κ1) is 45.0. The summed E-state index contributed by atoms with van der Waals surface area (Å²) in [5.41, 5.74) is 3.10. The van der Waals surface area contributed by atoms with Gasteiger partial charge in [0.25, 0.3) is 0 Å². The molecule has 0 amide bonds. The molecule has 0 heteroatoms. The lowest BCUT2D eigenvalue weighted by molar-refractivity contribution is 0.516. The van der Waals surface area contributed by atoms with Gasteiger partial charge in [-0.2, -0.15) is 0 Å². The monoisotopic (exact) mass is 665 g/mol. The van der Waals surface area contributed by atoms with E-state index in [9.17, 15) is 0 Å². The summed E-state index contributed by atoms with van der Waals surface area (Å²) in [4.78, 5) is 0. The van der Waals surface area contributed by atoms with Gasteiger partial charge < -0.3 is 0 Å². The van der Waals surface area contributed by atoms with E-state index in [4.69, 9.17) is 0 Å². The van der Waals surface area contributed by atoms with Crippen molar-refractivity contribution in [3.05, 3.63) is 41.5 Å². The minimum atomic E-state index is 1.31. The second-order valence-electron chi connectivity index (χ2n) is 15.7. The van der Waals surface area contributed by atoms with Crippen molar-refractivity contribution in [2.24, 2.45) is 0 Å². The van der Waals surface area contributed by atoms with Gasteiger partial charge >= 0.3 is 0 Å². The molecule has 0 aliphatic rings. The van der Waals surface area contributed by atoms with Crippen molar-refractivity contribution >= 4 is 6.08 Å². The molecule has 0 aliphatic heterocycles. The molecule has 48 heavy (non-hydrogen) atoms. The van der Waals surface area contributed by atoms with E-state index in [0.29, 0.717) is 0 Å². The zero-order valence-electron chi connectivity index (χ0n) is 33.3. The SMILES string of the molecule is CCCCCCCCCCCCCCCCCCCCCCCCCCCC(=Cc1ccccc1)CCCCCCCCCCCCC. The first-order valence-corrected chi connectivity index (χ1v) is 22.6. The third kappa shape index (κ3) is 33.5. The molecule has 0 saturated heterocycles. The summed E-state index contributed by atoms with van der Waals surface area (Å²) in [6.45, 7) is 4.62. The molecule has 0 N–H and O–H groups in total. The molecule has 0 radical (unpaired) electrons. The van der Waals surface area contributed by atoms with Crippen molar-refractivity contribution in [2.75, 3.05) is 0 Å². The maximum atomic E-state index is 2.51. The first-order valence-electron chi connectivity index (χ1n) is 22.6. The summed E-state index contributed by atoms with van der Waals surface area (Å²) in [5, 5.41) is 0. The normalized spacial score (nSPS) is 11.9. The molecule has 1 aromatic rings. The molecule has 0 bridgehead atoms. The Morgan fingerprint density at radius 1 is 0.312 bits per heavy atom. The molecule has 0 unspecified atom stereocenters. The Bertz CT molecular complexity index is 745. The quantitative estimate of drug-likeness (QED) is 0.0614. The van der Waals surface area contributed by atoms with Gasteiger partial charge in [-0.25, -0.2) is 0 Å². The third-order valence-electron chi connectivity index (χ3n) is 10.9. The number of allylic oxidation sites excluding steroid dienone is 1. The Balaban J connectivity index is 1.91. The average Bonchev–Trinajstić information content (AvgIpc) is 3.10. The van der Waals surface area contributed by atoms with Crippen LogP contribution in [0.25, 0.3) is 6.08 Å². The van der Waals surface area contributed by atoms with Gasteiger partial charge in [-0.15, -0.1) is 0 Å². The molecule has 0 fully saturated rings. The van der Waals surface area contributed by atoms with Gasteiger partial charge in [0.15, 0.2) is 0 Å². The summed E-state index contributed by atoms with van der Waals surface area (Å²) in [7, 11) is 0. The molecule has 0 atom stereocenters. The van der Waals surface area contributed by atoms with Crippen molar-refractivity contribution in [1.82, 2.24) is 0 Å². The van der Waals surface area contributed by atoms with E-state index in [1.54, 1.807) is 5.57 Å². The van der Waals surface area contributed by atoms with E-state index in [-0.39, 0.29) is 0 Å². The average molecular weight is 665 g/mol. The second-order valence-corrected chi connectivity index (χ2v) is 15.7. The van der Waals surface area contributed by atoms with Crippen LogP contribution in [-0.2, 0) is 0 Å². The summed E-state index contributed by atoms with van der Waals surface area (Å²) in [6, 6.07) is 11.1. The lowest BCUT2D eigenvalue weighted by atomic mass is 9.97. The molecule has 0 spiro atoms. The Hall–Kier alpha value is -1.04. The molecular weight excluding hydrogens is 577 g/mol. The fourth-order valence-corrected chi connectivity index (χ4v) is 7.56. The van der Waals surface area contributed by atoms with Crippen LogP contribution in [0.5, 0.6) is 0 Å². The molecule has 280 valence electrons. The van der Waals surface area contributed by atoms with Crippen molar-refractivity contribution in [3.8, 4) is 0 Å². The third-order valence-corrected chi connectivity index (χ3v) is 10.9. The van der Waals surface area contributed by atoms with Gasteiger partial charge in [0, 0.05) is 0 Å². The standard InChI is InChI=1S/C48H88/c1-3-5-7-9-11-13-15-16-17-18-19-20-21-22-23-24-25-26-27-28-30-32-34-36-39-43-47(46-48-44-40-37-41-45-48)42-38-35-33-31-29-14-12-10-8-6-4-2/h37,40-41,44-46H,3-36,38-39,42-43H2,1-2H3. The van der Waals surface area contributed by atoms with Crippen molar-refractivity contribution in [2.45, 2.75) is 258 Å². The minimum absolute atomic E-state index is 1.31. The Morgan fingerprint density at radius 2 is 0.542 bits per heavy atom. The van der Waals surface area contributed by atoms with Crippen LogP contribution in [0.3, 0.4) is 0 Å². The zero-order chi connectivity index (χ0) is 34.3. The highest BCUT2D eigenvalue weighted by atomic mass is 14.1. The van der Waals surface area contributed by atoms with E-state index >= 15 is 0 Å². The molecule has 0 aliphatic carbocycles. The van der Waals surface area contributed by atoms with E-state index in [0.717, 1.165) is 0 Å². The van der Waals surface area contributed by atoms with Crippen LogP contribution in [0, 0.1) is 0 Å². The van der Waals surface area contributed by atoms with Gasteiger partial charge in [-0.1, -0.05) is 274 Å². The van der Waals surface area contributed by atoms with Crippen LogP contribution in [0.4, 0.5) is 0 Å². The summed E-state index contributed by atoms with van der Waals surface area (Å²) in [5.74, 6) is 0. The maximum Gasteiger partial charge on any atom is -0.0257 e. The Labute approximate surface area is 304 Å². The number of unbranched alkanes of at least 4 members (excludes halogenated alkanes) is 34. The van der Waals surface area contributed by atoms with E-state index < -0.39 is 0 Å². The predicted molar refractivity (Wildman–Crippen MR) is 221 cm³/mol. The molecule has 0 nitrogen and oxygen atoms in total. The lowest BCUT2D eigenvalue weighted by Gasteiger charge is -2.09. The lowest BCUT2D eigenvalue weighted by Crippen LogP contribution is -1.89. The molecule has 0 heterocycles. The van der Waals surface area contributed by atoms with Crippen LogP contribution in [0.1, 0.15) is 263 Å². The van der Waals surface area contributed by atoms with Crippen molar-refractivity contribution < 1.29 is 0 Å². The topological polar surface area (TPSA) is 0 Å². The van der Waals surface area contributed by atoms with Crippen LogP contribution in [-0.4, -0.2) is 0 Å². The largest absolute Gasteiger partial charge is 0.0696 e. The predicted octanol–water partition coefficient (Wildman–Crippen LogP) is 17.9. The zero-order valence-corrected chi connectivity index (χ0v) is 33.3. The minimum Gasteiger partial charge on any atom is -0.0696 e. The van der Waals surface area contributed by atoms with Gasteiger partial charge in [0.1, 0.15) is 0 Å². The highest BCUT2D eigenvalue weighted by Crippen LogP contribution is 2.22. The second kappa shape index (κ2) is 38.8. The van der Waals surface area contributed by atoms with E-state index in [1.165, 1.54) is 250 Å². The van der Waals surface area contributed by atoms with Gasteiger partial charge in [0.05, 0.1) is 0 Å². The Kier molecular flexibility index (Phi) is 36.3. The number of hydrogen-bond acceptors (Lipinski definition) is 0. The van der Waals surface area contributed by atoms with Gasteiger partial charge in [0.2, 0.25) is 0 Å². The summed E-state index contributed by atoms with van der Waals surface area (Å²) >= 11 is 0. The fraction of sp³-hybridized carbons (Fsp3) is 0.833. The first-order chi connectivity index (χ1) is 23.9.